The van der Waals surface area contributed by atoms with Gasteiger partial charge >= 0.3 is 6.03 Å². The molecule has 3 aromatic heterocycles. The summed E-state index contributed by atoms with van der Waals surface area (Å²) in [5.74, 6) is 0.975. The van der Waals surface area contributed by atoms with Gasteiger partial charge in [0.05, 0.1) is 28.6 Å². The second-order valence-electron chi connectivity index (χ2n) is 9.11. The minimum Gasteiger partial charge on any atom is -0.439 e. The fourth-order valence-electron chi connectivity index (χ4n) is 4.90. The van der Waals surface area contributed by atoms with E-state index in [1.54, 1.807) is 29.4 Å². The van der Waals surface area contributed by atoms with Crippen LogP contribution in [0.2, 0.25) is 0 Å². The Hall–Kier alpha value is -3.98. The Morgan fingerprint density at radius 1 is 1.11 bits per heavy atom. The molecule has 0 saturated heterocycles. The van der Waals surface area contributed by atoms with E-state index in [2.05, 4.69) is 20.6 Å². The largest absolute Gasteiger partial charge is 0.439 e. The summed E-state index contributed by atoms with van der Waals surface area (Å²) in [6.07, 6.45) is 8.76. The maximum atomic E-state index is 13.4. The lowest BCUT2D eigenvalue weighted by molar-refractivity contribution is 0.0932. The number of rotatable bonds is 5. The van der Waals surface area contributed by atoms with Gasteiger partial charge in [-0.25, -0.2) is 14.8 Å². The van der Waals surface area contributed by atoms with Crippen LogP contribution in [0.5, 0.6) is 11.6 Å². The van der Waals surface area contributed by atoms with Gasteiger partial charge < -0.3 is 15.4 Å². The standard InChI is InChI=1S/C27H25N5O3S/c1-16-14-21(35-18-10-6-3-7-11-18)29-15-20(16)32-19-12-13-28-26-22(19)23(31-27(32)34)24(36-26)25(33)30-17-8-4-2-5-9-17/h3,6-7,10-15,17H,2,4-5,8-9H2,1H3,(H,30,33)(H,31,34). The van der Waals surface area contributed by atoms with Crippen LogP contribution in [0.4, 0.5) is 21.9 Å². The molecule has 1 aliphatic carbocycles. The van der Waals surface area contributed by atoms with Crippen LogP contribution in [0.15, 0.2) is 54.9 Å². The zero-order chi connectivity index (χ0) is 24.6. The second-order valence-corrected chi connectivity index (χ2v) is 10.1. The van der Waals surface area contributed by atoms with Gasteiger partial charge in [0.25, 0.3) is 5.91 Å². The Kier molecular flexibility index (Phi) is 5.77. The second kappa shape index (κ2) is 9.23. The van der Waals surface area contributed by atoms with Crippen LogP contribution >= 0.6 is 11.3 Å². The number of carbonyl (C=O) groups is 2. The zero-order valence-electron chi connectivity index (χ0n) is 19.8. The number of hydrogen-bond donors (Lipinski definition) is 2. The number of carbonyl (C=O) groups excluding carboxylic acids is 2. The average molecular weight is 500 g/mol. The van der Waals surface area contributed by atoms with Crippen molar-refractivity contribution in [1.29, 1.82) is 0 Å². The van der Waals surface area contributed by atoms with Gasteiger partial charge in [0.1, 0.15) is 15.5 Å². The average Bonchev–Trinajstić information content (AvgIpc) is 3.26. The van der Waals surface area contributed by atoms with Gasteiger partial charge in [0, 0.05) is 18.3 Å². The molecule has 182 valence electrons. The smallest absolute Gasteiger partial charge is 0.331 e. The van der Waals surface area contributed by atoms with Crippen LogP contribution in [-0.4, -0.2) is 27.9 Å². The van der Waals surface area contributed by atoms with E-state index in [0.29, 0.717) is 38.4 Å². The van der Waals surface area contributed by atoms with E-state index in [9.17, 15) is 9.59 Å². The molecule has 9 heteroatoms. The van der Waals surface area contributed by atoms with Crippen LogP contribution in [0.1, 0.15) is 47.3 Å². The van der Waals surface area contributed by atoms with Crippen molar-refractivity contribution in [1.82, 2.24) is 15.3 Å². The summed E-state index contributed by atoms with van der Waals surface area (Å²) in [4.78, 5) is 38.3. The normalized spacial score (nSPS) is 15.6. The van der Waals surface area contributed by atoms with Crippen molar-refractivity contribution in [2.24, 2.45) is 0 Å². The van der Waals surface area contributed by atoms with Crippen LogP contribution in [0, 0.1) is 6.92 Å². The van der Waals surface area contributed by atoms with Crippen molar-refractivity contribution >= 4 is 50.6 Å². The molecule has 0 radical (unpaired) electrons. The minimum atomic E-state index is -0.346. The first kappa shape index (κ1) is 22.5. The van der Waals surface area contributed by atoms with Crippen molar-refractivity contribution in [2.75, 3.05) is 10.2 Å². The summed E-state index contributed by atoms with van der Waals surface area (Å²) >= 11 is 1.31. The van der Waals surface area contributed by atoms with Crippen molar-refractivity contribution in [3.63, 3.8) is 0 Å². The molecule has 1 aliphatic heterocycles. The van der Waals surface area contributed by atoms with E-state index in [-0.39, 0.29) is 18.0 Å². The molecule has 6 rings (SSSR count). The summed E-state index contributed by atoms with van der Waals surface area (Å²) in [6.45, 7) is 1.91. The van der Waals surface area contributed by atoms with Crippen LogP contribution in [0.25, 0.3) is 10.2 Å². The Bertz CT molecular complexity index is 1460. The number of thiophene rings is 1. The highest BCUT2D eigenvalue weighted by Gasteiger charge is 2.34. The van der Waals surface area contributed by atoms with E-state index < -0.39 is 0 Å². The molecule has 0 bridgehead atoms. The van der Waals surface area contributed by atoms with Crippen molar-refractivity contribution < 1.29 is 14.3 Å². The molecule has 2 aliphatic rings. The summed E-state index contributed by atoms with van der Waals surface area (Å²) in [6, 6.07) is 12.9. The van der Waals surface area contributed by atoms with E-state index in [1.807, 2.05) is 37.3 Å². The maximum Gasteiger partial charge on any atom is 0.331 e. The van der Waals surface area contributed by atoms with Gasteiger partial charge in [-0.15, -0.1) is 11.3 Å². The quantitative estimate of drug-likeness (QED) is 0.325. The Balaban J connectivity index is 1.34. The van der Waals surface area contributed by atoms with E-state index >= 15 is 0 Å². The van der Waals surface area contributed by atoms with Crippen molar-refractivity contribution in [3.8, 4) is 11.6 Å². The van der Waals surface area contributed by atoms with Crippen molar-refractivity contribution in [3.05, 3.63) is 65.3 Å². The molecule has 0 spiro atoms. The molecular formula is C27H25N5O3S. The number of ether oxygens (including phenoxy) is 1. The molecule has 0 atom stereocenters. The Morgan fingerprint density at radius 2 is 1.92 bits per heavy atom. The summed E-state index contributed by atoms with van der Waals surface area (Å²) in [7, 11) is 0. The molecule has 1 fully saturated rings. The highest BCUT2D eigenvalue weighted by molar-refractivity contribution is 7.21. The summed E-state index contributed by atoms with van der Waals surface area (Å²) in [5, 5.41) is 6.88. The van der Waals surface area contributed by atoms with Gasteiger partial charge in [0.2, 0.25) is 5.88 Å². The first-order valence-electron chi connectivity index (χ1n) is 12.1. The Morgan fingerprint density at radius 3 is 2.69 bits per heavy atom. The summed E-state index contributed by atoms with van der Waals surface area (Å²) in [5.41, 5.74) is 2.66. The van der Waals surface area contributed by atoms with E-state index in [0.717, 1.165) is 36.6 Å². The number of aromatic nitrogens is 2. The third-order valence-corrected chi connectivity index (χ3v) is 7.75. The number of aryl methyl sites for hydroxylation is 1. The fourth-order valence-corrected chi connectivity index (χ4v) is 5.93. The number of pyridine rings is 2. The topological polar surface area (TPSA) is 96.5 Å². The molecule has 1 aromatic carbocycles. The minimum absolute atomic E-state index is 0.153. The number of benzene rings is 1. The monoisotopic (exact) mass is 499 g/mol. The zero-order valence-corrected chi connectivity index (χ0v) is 20.6. The number of para-hydroxylation sites is 1. The SMILES string of the molecule is Cc1cc(Oc2ccccc2)ncc1N1C(=O)Nc2c(C(=O)NC3CCCCC3)sc3nccc1c23. The molecular weight excluding hydrogens is 474 g/mol. The molecule has 2 N–H and O–H groups in total. The lowest BCUT2D eigenvalue weighted by atomic mass is 9.95. The van der Waals surface area contributed by atoms with Crippen molar-refractivity contribution in [2.45, 2.75) is 45.1 Å². The van der Waals surface area contributed by atoms with Gasteiger partial charge in [-0.1, -0.05) is 37.5 Å². The molecule has 8 nitrogen and oxygen atoms in total. The van der Waals surface area contributed by atoms with Crippen LogP contribution in [0.3, 0.4) is 0 Å². The molecule has 1 saturated carbocycles. The summed E-state index contributed by atoms with van der Waals surface area (Å²) < 4.78 is 5.85. The van der Waals surface area contributed by atoms with Crippen LogP contribution < -0.4 is 20.3 Å². The number of anilines is 3. The highest BCUT2D eigenvalue weighted by atomic mass is 32.1. The fraction of sp³-hybridized carbons (Fsp3) is 0.259. The number of urea groups is 1. The number of amides is 3. The van der Waals surface area contributed by atoms with Gasteiger partial charge in [-0.05, 0) is 43.5 Å². The lowest BCUT2D eigenvalue weighted by Crippen LogP contribution is -2.37. The lowest BCUT2D eigenvalue weighted by Gasteiger charge is -2.29. The molecule has 4 aromatic rings. The molecule has 0 unspecified atom stereocenters. The molecule has 3 amide bonds. The maximum absolute atomic E-state index is 13.4. The van der Waals surface area contributed by atoms with Gasteiger partial charge in [0.15, 0.2) is 0 Å². The molecule has 4 heterocycles. The molecule has 36 heavy (non-hydrogen) atoms. The predicted octanol–water partition coefficient (Wildman–Crippen LogP) is 6.54. The van der Waals surface area contributed by atoms with Crippen LogP contribution in [-0.2, 0) is 0 Å². The number of nitrogens with zero attached hydrogens (tertiary/aromatic N) is 3. The number of hydrogen-bond acceptors (Lipinski definition) is 6. The predicted molar refractivity (Wildman–Crippen MR) is 141 cm³/mol. The third-order valence-electron chi connectivity index (χ3n) is 6.66. The van der Waals surface area contributed by atoms with Gasteiger partial charge in [-0.2, -0.15) is 0 Å². The first-order chi connectivity index (χ1) is 17.6. The van der Waals surface area contributed by atoms with Gasteiger partial charge in [-0.3, -0.25) is 9.69 Å². The number of nitrogens with one attached hydrogen (secondary N) is 2. The highest BCUT2D eigenvalue weighted by Crippen LogP contribution is 2.46. The first-order valence-corrected chi connectivity index (χ1v) is 12.9. The van der Waals surface area contributed by atoms with E-state index in [1.165, 1.54) is 17.8 Å². The third kappa shape index (κ3) is 4.05. The Labute approximate surface area is 212 Å². The van der Waals surface area contributed by atoms with E-state index in [4.69, 9.17) is 4.74 Å².